The predicted molar refractivity (Wildman–Crippen MR) is 142 cm³/mol. The Morgan fingerprint density at radius 1 is 1.06 bits per heavy atom. The maximum Gasteiger partial charge on any atom is 0.323 e. The lowest BCUT2D eigenvalue weighted by molar-refractivity contribution is -0.144. The number of aliphatic carboxylic acids is 1. The zero-order valence-corrected chi connectivity index (χ0v) is 21.7. The number of carboxylic acid groups (broad SMARTS) is 1. The molecule has 0 unspecified atom stereocenters. The lowest BCUT2D eigenvalue weighted by Gasteiger charge is -2.24. The highest BCUT2D eigenvalue weighted by atomic mass is 35.5. The maximum absolute atomic E-state index is 13.1. The van der Waals surface area contributed by atoms with Crippen LogP contribution >= 0.6 is 11.6 Å². The van der Waals surface area contributed by atoms with Crippen LogP contribution < -0.4 is 4.74 Å². The number of halogens is 1. The third-order valence-electron chi connectivity index (χ3n) is 6.62. The van der Waals surface area contributed by atoms with Crippen molar-refractivity contribution in [1.29, 1.82) is 0 Å². The minimum absolute atomic E-state index is 0.110. The number of hydrogen-bond acceptors (Lipinski definition) is 3. The quantitative estimate of drug-likeness (QED) is 0.384. The molecule has 0 saturated heterocycles. The lowest BCUT2D eigenvalue weighted by Crippen LogP contribution is -2.36. The Balaban J connectivity index is 1.44. The summed E-state index contributed by atoms with van der Waals surface area (Å²) < 4.78 is 6.34. The summed E-state index contributed by atoms with van der Waals surface area (Å²) >= 11 is 6.24. The molecular weight excluding hydrogens is 474 g/mol. The van der Waals surface area contributed by atoms with Crippen LogP contribution in [-0.4, -0.2) is 34.0 Å². The van der Waals surface area contributed by atoms with E-state index in [-0.39, 0.29) is 31.0 Å². The van der Waals surface area contributed by atoms with Gasteiger partial charge < -0.3 is 14.7 Å². The first kappa shape index (κ1) is 25.8. The lowest BCUT2D eigenvalue weighted by atomic mass is 9.90. The number of carbonyl (C=O) groups excluding carboxylic acids is 1. The van der Waals surface area contributed by atoms with Gasteiger partial charge in [-0.2, -0.15) is 0 Å². The van der Waals surface area contributed by atoms with Crippen LogP contribution in [-0.2, 0) is 35.4 Å². The van der Waals surface area contributed by atoms with E-state index in [2.05, 4.69) is 45.0 Å². The molecule has 1 atom stereocenters. The van der Waals surface area contributed by atoms with E-state index in [1.165, 1.54) is 16.0 Å². The van der Waals surface area contributed by atoms with Crippen LogP contribution in [0.1, 0.15) is 54.5 Å². The van der Waals surface area contributed by atoms with Crippen molar-refractivity contribution in [2.75, 3.05) is 6.54 Å². The van der Waals surface area contributed by atoms with E-state index in [1.54, 1.807) is 18.2 Å². The SMILES string of the molecule is CC(C)c1ccc(C[C@@]2(C)Cc3cc(CC(=O)N(CC(=O)O)Cc4ccccc4Cl)ccc3O2)cc1. The van der Waals surface area contributed by atoms with Crippen LogP contribution in [0.5, 0.6) is 5.75 Å². The van der Waals surface area contributed by atoms with E-state index in [9.17, 15) is 14.7 Å². The van der Waals surface area contributed by atoms with Gasteiger partial charge in [-0.3, -0.25) is 9.59 Å². The number of benzene rings is 3. The van der Waals surface area contributed by atoms with Crippen molar-refractivity contribution in [3.8, 4) is 5.75 Å². The molecule has 0 aromatic heterocycles. The summed E-state index contributed by atoms with van der Waals surface area (Å²) in [5.41, 5.74) is 4.81. The molecule has 4 rings (SSSR count). The molecule has 0 spiro atoms. The minimum Gasteiger partial charge on any atom is -0.487 e. The molecule has 1 aliphatic rings. The summed E-state index contributed by atoms with van der Waals surface area (Å²) in [6.45, 7) is 6.25. The predicted octanol–water partition coefficient (Wildman–Crippen LogP) is 6.06. The fourth-order valence-electron chi connectivity index (χ4n) is 4.75. The van der Waals surface area contributed by atoms with Crippen LogP contribution in [0.4, 0.5) is 0 Å². The summed E-state index contributed by atoms with van der Waals surface area (Å²) in [7, 11) is 0. The summed E-state index contributed by atoms with van der Waals surface area (Å²) in [4.78, 5) is 25.9. The Bertz CT molecular complexity index is 1250. The summed E-state index contributed by atoms with van der Waals surface area (Å²) in [5.74, 6) is 0.0175. The first-order valence-corrected chi connectivity index (χ1v) is 12.6. The molecule has 5 nitrogen and oxygen atoms in total. The van der Waals surface area contributed by atoms with E-state index in [1.807, 2.05) is 24.3 Å². The maximum atomic E-state index is 13.1. The van der Waals surface area contributed by atoms with Gasteiger partial charge in [0.1, 0.15) is 17.9 Å². The number of hydrogen-bond donors (Lipinski definition) is 1. The molecule has 1 amide bonds. The first-order chi connectivity index (χ1) is 17.1. The van der Waals surface area contributed by atoms with Crippen molar-refractivity contribution in [1.82, 2.24) is 4.90 Å². The molecule has 0 saturated carbocycles. The van der Waals surface area contributed by atoms with Crippen LogP contribution in [0, 0.1) is 0 Å². The van der Waals surface area contributed by atoms with Gasteiger partial charge in [0.25, 0.3) is 0 Å². The summed E-state index contributed by atoms with van der Waals surface area (Å²) in [6, 6.07) is 21.7. The largest absolute Gasteiger partial charge is 0.487 e. The van der Waals surface area contributed by atoms with Crippen molar-refractivity contribution >= 4 is 23.5 Å². The van der Waals surface area contributed by atoms with Crippen LogP contribution in [0.3, 0.4) is 0 Å². The minimum atomic E-state index is -1.06. The van der Waals surface area contributed by atoms with Gasteiger partial charge in [0.2, 0.25) is 5.91 Å². The molecule has 0 bridgehead atoms. The number of amides is 1. The zero-order valence-electron chi connectivity index (χ0n) is 21.0. The van der Waals surface area contributed by atoms with Gasteiger partial charge in [-0.1, -0.05) is 80.0 Å². The number of carboxylic acids is 1. The van der Waals surface area contributed by atoms with E-state index in [4.69, 9.17) is 16.3 Å². The highest BCUT2D eigenvalue weighted by Crippen LogP contribution is 2.37. The second kappa shape index (κ2) is 10.8. The summed E-state index contributed by atoms with van der Waals surface area (Å²) in [5, 5.41) is 9.86. The van der Waals surface area contributed by atoms with Crippen molar-refractivity contribution in [3.63, 3.8) is 0 Å². The Morgan fingerprint density at radius 2 is 1.75 bits per heavy atom. The average molecular weight is 506 g/mol. The number of ether oxygens (including phenoxy) is 1. The smallest absolute Gasteiger partial charge is 0.323 e. The van der Waals surface area contributed by atoms with E-state index >= 15 is 0 Å². The normalized spacial score (nSPS) is 16.5. The van der Waals surface area contributed by atoms with Crippen LogP contribution in [0.25, 0.3) is 0 Å². The van der Waals surface area contributed by atoms with Crippen molar-refractivity contribution < 1.29 is 19.4 Å². The molecule has 1 N–H and O–H groups in total. The fourth-order valence-corrected chi connectivity index (χ4v) is 4.95. The molecule has 188 valence electrons. The van der Waals surface area contributed by atoms with Gasteiger partial charge >= 0.3 is 5.97 Å². The van der Waals surface area contributed by atoms with Crippen molar-refractivity contribution in [2.24, 2.45) is 0 Å². The van der Waals surface area contributed by atoms with Gasteiger partial charge in [0.05, 0.1) is 6.42 Å². The Labute approximate surface area is 217 Å². The second-order valence-corrected chi connectivity index (χ2v) is 10.6. The Morgan fingerprint density at radius 3 is 2.42 bits per heavy atom. The van der Waals surface area contributed by atoms with Gasteiger partial charge in [0.15, 0.2) is 0 Å². The van der Waals surface area contributed by atoms with E-state index in [0.717, 1.165) is 29.7 Å². The third kappa shape index (κ3) is 6.27. The van der Waals surface area contributed by atoms with Gasteiger partial charge in [-0.05, 0) is 52.8 Å². The first-order valence-electron chi connectivity index (χ1n) is 12.2. The molecular formula is C30H32ClNO4. The molecule has 1 aliphatic heterocycles. The van der Waals surface area contributed by atoms with Crippen LogP contribution in [0.2, 0.25) is 5.02 Å². The molecule has 6 heteroatoms. The number of carbonyl (C=O) groups is 2. The second-order valence-electron chi connectivity index (χ2n) is 10.2. The highest BCUT2D eigenvalue weighted by molar-refractivity contribution is 6.31. The third-order valence-corrected chi connectivity index (χ3v) is 6.99. The molecule has 0 fully saturated rings. The van der Waals surface area contributed by atoms with E-state index < -0.39 is 5.97 Å². The summed E-state index contributed by atoms with van der Waals surface area (Å²) in [6.07, 6.45) is 1.64. The van der Waals surface area contributed by atoms with Crippen molar-refractivity contribution in [2.45, 2.75) is 58.1 Å². The van der Waals surface area contributed by atoms with Gasteiger partial charge in [-0.15, -0.1) is 0 Å². The molecule has 36 heavy (non-hydrogen) atoms. The molecule has 3 aromatic rings. The number of rotatable bonds is 9. The molecule has 0 aliphatic carbocycles. The molecule has 3 aromatic carbocycles. The molecule has 1 heterocycles. The fraction of sp³-hybridized carbons (Fsp3) is 0.333. The Kier molecular flexibility index (Phi) is 7.70. The van der Waals surface area contributed by atoms with Crippen molar-refractivity contribution in [3.05, 3.63) is 99.6 Å². The number of nitrogens with zero attached hydrogens (tertiary/aromatic N) is 1. The number of fused-ring (bicyclic) bond motifs is 1. The molecule has 0 radical (unpaired) electrons. The Hall–Kier alpha value is -3.31. The zero-order chi connectivity index (χ0) is 25.9. The van der Waals surface area contributed by atoms with Gasteiger partial charge in [0, 0.05) is 24.4 Å². The standard InChI is InChI=1S/C30H32ClNO4/c1-20(2)23-11-8-21(9-12-23)16-30(3)17-25-14-22(10-13-27(25)36-30)15-28(33)32(19-29(34)35)18-24-6-4-5-7-26(24)31/h4-14,20H,15-19H2,1-3H3,(H,34,35)/t30-/m0/s1. The monoisotopic (exact) mass is 505 g/mol. The van der Waals surface area contributed by atoms with E-state index in [0.29, 0.717) is 16.5 Å². The van der Waals surface area contributed by atoms with Gasteiger partial charge in [-0.25, -0.2) is 0 Å². The highest BCUT2D eigenvalue weighted by Gasteiger charge is 2.35. The average Bonchev–Trinajstić information content (AvgIpc) is 3.15. The van der Waals surface area contributed by atoms with Crippen LogP contribution in [0.15, 0.2) is 66.7 Å². The topological polar surface area (TPSA) is 66.8 Å².